The molecule has 0 saturated carbocycles. The summed E-state index contributed by atoms with van der Waals surface area (Å²) in [5.41, 5.74) is 5.33. The van der Waals surface area contributed by atoms with E-state index in [1.54, 1.807) is 0 Å². The van der Waals surface area contributed by atoms with Gasteiger partial charge in [0.25, 0.3) is 0 Å². The van der Waals surface area contributed by atoms with Crippen molar-refractivity contribution >= 4 is 11.9 Å². The van der Waals surface area contributed by atoms with Gasteiger partial charge in [-0.2, -0.15) is 0 Å². The van der Waals surface area contributed by atoms with Crippen LogP contribution in [-0.4, -0.2) is 56.1 Å². The average molecular weight is 257 g/mol. The molecular weight excluding hydrogens is 234 g/mol. The molecular formula is C12H23N3O3. The molecule has 18 heavy (non-hydrogen) atoms. The van der Waals surface area contributed by atoms with Crippen LogP contribution >= 0.6 is 0 Å². The molecule has 3 N–H and O–H groups in total. The molecule has 0 aromatic rings. The summed E-state index contributed by atoms with van der Waals surface area (Å²) in [6, 6.07) is 0.120. The standard InChI is InChI=1S/C12H23N3O3/c1-18-12(17)8-10-4-2-3-7-15(10)9-11(16)14-6-5-13/h10H,2-9,13H2,1H3,(H,14,16). The van der Waals surface area contributed by atoms with Gasteiger partial charge >= 0.3 is 5.97 Å². The zero-order chi connectivity index (χ0) is 13.4. The number of amides is 1. The second-order valence-corrected chi connectivity index (χ2v) is 4.54. The minimum Gasteiger partial charge on any atom is -0.469 e. The maximum Gasteiger partial charge on any atom is 0.307 e. The predicted octanol–water partition coefficient (Wildman–Crippen LogP) is -0.521. The number of esters is 1. The summed E-state index contributed by atoms with van der Waals surface area (Å²) in [6.45, 7) is 2.13. The minimum absolute atomic E-state index is 0.0304. The summed E-state index contributed by atoms with van der Waals surface area (Å²) in [7, 11) is 1.39. The Morgan fingerprint density at radius 2 is 2.22 bits per heavy atom. The Labute approximate surface area is 108 Å². The second kappa shape index (κ2) is 8.05. The van der Waals surface area contributed by atoms with Gasteiger partial charge in [0.05, 0.1) is 20.1 Å². The first-order valence-electron chi connectivity index (χ1n) is 6.45. The summed E-state index contributed by atoms with van der Waals surface area (Å²) >= 11 is 0. The van der Waals surface area contributed by atoms with E-state index in [0.717, 1.165) is 25.8 Å². The van der Waals surface area contributed by atoms with Crippen molar-refractivity contribution in [3.05, 3.63) is 0 Å². The number of piperidine rings is 1. The highest BCUT2D eigenvalue weighted by atomic mass is 16.5. The Balaban J connectivity index is 2.43. The molecule has 0 aliphatic carbocycles. The Morgan fingerprint density at radius 3 is 2.89 bits per heavy atom. The number of nitrogens with one attached hydrogen (secondary N) is 1. The molecule has 1 heterocycles. The van der Waals surface area contributed by atoms with Crippen LogP contribution < -0.4 is 11.1 Å². The van der Waals surface area contributed by atoms with Crippen molar-refractivity contribution in [2.75, 3.05) is 33.3 Å². The van der Waals surface area contributed by atoms with Gasteiger partial charge in [-0.25, -0.2) is 0 Å². The van der Waals surface area contributed by atoms with Gasteiger partial charge in [0.15, 0.2) is 0 Å². The van der Waals surface area contributed by atoms with Crippen molar-refractivity contribution < 1.29 is 14.3 Å². The van der Waals surface area contributed by atoms with E-state index in [-0.39, 0.29) is 17.9 Å². The normalized spacial score (nSPS) is 20.4. The topological polar surface area (TPSA) is 84.7 Å². The third-order valence-electron chi connectivity index (χ3n) is 3.19. The predicted molar refractivity (Wildman–Crippen MR) is 67.9 cm³/mol. The highest BCUT2D eigenvalue weighted by molar-refractivity contribution is 5.78. The van der Waals surface area contributed by atoms with Gasteiger partial charge in [0.2, 0.25) is 5.91 Å². The molecule has 1 saturated heterocycles. The molecule has 0 spiro atoms. The molecule has 6 heteroatoms. The zero-order valence-corrected chi connectivity index (χ0v) is 11.0. The monoisotopic (exact) mass is 257 g/mol. The Bertz CT molecular complexity index is 284. The van der Waals surface area contributed by atoms with Crippen LogP contribution in [0.1, 0.15) is 25.7 Å². The van der Waals surface area contributed by atoms with Gasteiger partial charge in [-0.3, -0.25) is 14.5 Å². The minimum atomic E-state index is -0.214. The van der Waals surface area contributed by atoms with Crippen molar-refractivity contribution in [2.45, 2.75) is 31.7 Å². The van der Waals surface area contributed by atoms with E-state index in [2.05, 4.69) is 15.0 Å². The molecule has 1 aliphatic rings. The van der Waals surface area contributed by atoms with E-state index in [4.69, 9.17) is 5.73 Å². The summed E-state index contributed by atoms with van der Waals surface area (Å²) in [5.74, 6) is -0.244. The van der Waals surface area contributed by atoms with Crippen LogP contribution in [0, 0.1) is 0 Å². The quantitative estimate of drug-likeness (QED) is 0.625. The largest absolute Gasteiger partial charge is 0.469 e. The summed E-state index contributed by atoms with van der Waals surface area (Å²) < 4.78 is 4.69. The number of methoxy groups -OCH3 is 1. The van der Waals surface area contributed by atoms with E-state index in [1.807, 2.05) is 0 Å². The van der Waals surface area contributed by atoms with Gasteiger partial charge in [0.1, 0.15) is 0 Å². The summed E-state index contributed by atoms with van der Waals surface area (Å²) in [4.78, 5) is 25.0. The van der Waals surface area contributed by atoms with Crippen LogP contribution in [0.4, 0.5) is 0 Å². The lowest BCUT2D eigenvalue weighted by molar-refractivity contribution is -0.143. The third kappa shape index (κ3) is 5.01. The van der Waals surface area contributed by atoms with Gasteiger partial charge in [-0.15, -0.1) is 0 Å². The molecule has 1 atom stereocenters. The molecule has 0 radical (unpaired) electrons. The summed E-state index contributed by atoms with van der Waals surface area (Å²) in [5, 5.41) is 2.75. The molecule has 1 rings (SSSR count). The fourth-order valence-electron chi connectivity index (χ4n) is 2.23. The lowest BCUT2D eigenvalue weighted by Crippen LogP contribution is -2.47. The number of hydrogen-bond acceptors (Lipinski definition) is 5. The van der Waals surface area contributed by atoms with Crippen LogP contribution in [0.5, 0.6) is 0 Å². The number of hydrogen-bond donors (Lipinski definition) is 2. The van der Waals surface area contributed by atoms with Crippen LogP contribution in [0.2, 0.25) is 0 Å². The van der Waals surface area contributed by atoms with E-state index in [0.29, 0.717) is 26.1 Å². The fourth-order valence-corrected chi connectivity index (χ4v) is 2.23. The first-order valence-corrected chi connectivity index (χ1v) is 6.45. The van der Waals surface area contributed by atoms with Gasteiger partial charge in [-0.1, -0.05) is 6.42 Å². The number of carbonyl (C=O) groups excluding carboxylic acids is 2. The highest BCUT2D eigenvalue weighted by Crippen LogP contribution is 2.19. The highest BCUT2D eigenvalue weighted by Gasteiger charge is 2.26. The van der Waals surface area contributed by atoms with Gasteiger partial charge in [0, 0.05) is 19.1 Å². The maximum atomic E-state index is 11.6. The van der Waals surface area contributed by atoms with Crippen molar-refractivity contribution in [1.29, 1.82) is 0 Å². The van der Waals surface area contributed by atoms with E-state index >= 15 is 0 Å². The fraction of sp³-hybridized carbons (Fsp3) is 0.833. The lowest BCUT2D eigenvalue weighted by Gasteiger charge is -2.34. The molecule has 104 valence electrons. The SMILES string of the molecule is COC(=O)CC1CCCCN1CC(=O)NCCN. The number of rotatable bonds is 6. The first kappa shape index (κ1) is 14.9. The molecule has 1 fully saturated rings. The second-order valence-electron chi connectivity index (χ2n) is 4.54. The molecule has 0 aromatic heterocycles. The van der Waals surface area contributed by atoms with E-state index in [9.17, 15) is 9.59 Å². The number of nitrogens with zero attached hydrogens (tertiary/aromatic N) is 1. The van der Waals surface area contributed by atoms with Gasteiger partial charge in [-0.05, 0) is 19.4 Å². The molecule has 6 nitrogen and oxygen atoms in total. The average Bonchev–Trinajstić information content (AvgIpc) is 2.38. The number of carbonyl (C=O) groups is 2. The molecule has 1 amide bonds. The van der Waals surface area contributed by atoms with Crippen LogP contribution in [0.25, 0.3) is 0 Å². The van der Waals surface area contributed by atoms with Crippen molar-refractivity contribution in [2.24, 2.45) is 5.73 Å². The van der Waals surface area contributed by atoms with Crippen LogP contribution in [0.15, 0.2) is 0 Å². The van der Waals surface area contributed by atoms with Crippen molar-refractivity contribution in [3.8, 4) is 0 Å². The van der Waals surface area contributed by atoms with Gasteiger partial charge < -0.3 is 15.8 Å². The molecule has 1 unspecified atom stereocenters. The van der Waals surface area contributed by atoms with Crippen molar-refractivity contribution in [1.82, 2.24) is 10.2 Å². The zero-order valence-electron chi connectivity index (χ0n) is 11.0. The van der Waals surface area contributed by atoms with E-state index in [1.165, 1.54) is 7.11 Å². The molecule has 0 bridgehead atoms. The van der Waals surface area contributed by atoms with Crippen molar-refractivity contribution in [3.63, 3.8) is 0 Å². The molecule has 0 aromatic carbocycles. The number of nitrogens with two attached hydrogens (primary N) is 1. The molecule has 1 aliphatic heterocycles. The Morgan fingerprint density at radius 1 is 1.44 bits per heavy atom. The third-order valence-corrected chi connectivity index (χ3v) is 3.19. The Hall–Kier alpha value is -1.14. The Kier molecular flexibility index (Phi) is 6.67. The lowest BCUT2D eigenvalue weighted by atomic mass is 9.99. The maximum absolute atomic E-state index is 11.6. The van der Waals surface area contributed by atoms with Crippen LogP contribution in [-0.2, 0) is 14.3 Å². The van der Waals surface area contributed by atoms with E-state index < -0.39 is 0 Å². The smallest absolute Gasteiger partial charge is 0.307 e. The summed E-state index contributed by atoms with van der Waals surface area (Å²) in [6.07, 6.45) is 3.48. The number of ether oxygens (including phenoxy) is 1. The first-order chi connectivity index (χ1) is 8.67. The number of likely N-dealkylation sites (tertiary alicyclic amines) is 1. The van der Waals surface area contributed by atoms with Crippen LogP contribution in [0.3, 0.4) is 0 Å².